The van der Waals surface area contributed by atoms with Crippen molar-refractivity contribution in [3.8, 4) is 0 Å². The molecule has 22 heavy (non-hydrogen) atoms. The van der Waals surface area contributed by atoms with Crippen molar-refractivity contribution in [3.63, 3.8) is 0 Å². The lowest BCUT2D eigenvalue weighted by molar-refractivity contribution is -0.128. The summed E-state index contributed by atoms with van der Waals surface area (Å²) in [5.74, 6) is 0.824. The number of nitrogens with zero attached hydrogens (tertiary/aromatic N) is 3. The highest BCUT2D eigenvalue weighted by Gasteiger charge is 2.34. The molecule has 1 atom stereocenters. The van der Waals surface area contributed by atoms with Crippen molar-refractivity contribution < 1.29 is 14.0 Å². The zero-order valence-electron chi connectivity index (χ0n) is 12.6. The minimum atomic E-state index is -0.349. The predicted octanol–water partition coefficient (Wildman–Crippen LogP) is 1.31. The van der Waals surface area contributed by atoms with Gasteiger partial charge in [0.2, 0.25) is 11.8 Å². The lowest BCUT2D eigenvalue weighted by atomic mass is 10.1. The van der Waals surface area contributed by atoms with Gasteiger partial charge in [0.15, 0.2) is 0 Å². The van der Waals surface area contributed by atoms with Crippen LogP contribution in [0, 0.1) is 12.8 Å². The number of furan rings is 1. The molecule has 1 fully saturated rings. The summed E-state index contributed by atoms with van der Waals surface area (Å²) < 4.78 is 6.86. The topological polar surface area (TPSA) is 80.4 Å². The highest BCUT2D eigenvalue weighted by molar-refractivity contribution is 5.96. The molecule has 1 saturated heterocycles. The van der Waals surface area contributed by atoms with Crippen LogP contribution in [0.15, 0.2) is 28.9 Å². The van der Waals surface area contributed by atoms with Gasteiger partial charge in [-0.05, 0) is 19.1 Å². The number of carbonyl (C=O) groups excluding carboxylic acids is 2. The average molecular weight is 302 g/mol. The smallest absolute Gasteiger partial charge is 0.230 e. The molecule has 7 nitrogen and oxygen atoms in total. The van der Waals surface area contributed by atoms with Crippen LogP contribution in [0.1, 0.15) is 17.9 Å². The molecular formula is C15H18N4O3. The van der Waals surface area contributed by atoms with Gasteiger partial charge in [0.25, 0.3) is 0 Å². The molecule has 0 saturated carbocycles. The van der Waals surface area contributed by atoms with Gasteiger partial charge < -0.3 is 14.6 Å². The minimum Gasteiger partial charge on any atom is -0.467 e. The number of rotatable bonds is 4. The molecule has 0 aromatic carbocycles. The van der Waals surface area contributed by atoms with Crippen LogP contribution in [-0.2, 0) is 23.2 Å². The Balaban J connectivity index is 1.62. The molecule has 116 valence electrons. The van der Waals surface area contributed by atoms with Gasteiger partial charge >= 0.3 is 0 Å². The zero-order chi connectivity index (χ0) is 15.7. The fourth-order valence-electron chi connectivity index (χ4n) is 2.65. The second kappa shape index (κ2) is 5.67. The number of hydrogen-bond acceptors (Lipinski definition) is 4. The predicted molar refractivity (Wildman–Crippen MR) is 78.8 cm³/mol. The third-order valence-electron chi connectivity index (χ3n) is 3.77. The standard InChI is InChI=1S/C15H18N4O3/c1-10-6-13(18(2)17-10)16-15(21)11-7-14(20)19(8-11)9-12-4-3-5-22-12/h3-6,11H,7-9H2,1-2H3,(H,16,21)/t11-/m0/s1. The largest absolute Gasteiger partial charge is 0.467 e. The molecular weight excluding hydrogens is 284 g/mol. The molecule has 2 aromatic heterocycles. The molecule has 3 rings (SSSR count). The molecule has 7 heteroatoms. The van der Waals surface area contributed by atoms with E-state index in [1.54, 1.807) is 35.0 Å². The summed E-state index contributed by atoms with van der Waals surface area (Å²) in [6.07, 6.45) is 1.80. The molecule has 0 radical (unpaired) electrons. The van der Waals surface area contributed by atoms with E-state index >= 15 is 0 Å². The molecule has 2 aromatic rings. The highest BCUT2D eigenvalue weighted by atomic mass is 16.3. The van der Waals surface area contributed by atoms with Crippen LogP contribution in [0.2, 0.25) is 0 Å². The van der Waals surface area contributed by atoms with Crippen molar-refractivity contribution in [2.45, 2.75) is 19.9 Å². The van der Waals surface area contributed by atoms with Gasteiger partial charge in [0, 0.05) is 26.1 Å². The number of carbonyl (C=O) groups is 2. The fraction of sp³-hybridized carbons (Fsp3) is 0.400. The molecule has 0 spiro atoms. The van der Waals surface area contributed by atoms with Gasteiger partial charge in [-0.15, -0.1) is 0 Å². The Kier molecular flexibility index (Phi) is 3.70. The number of anilines is 1. The first-order chi connectivity index (χ1) is 10.5. The van der Waals surface area contributed by atoms with Gasteiger partial charge in [0.1, 0.15) is 11.6 Å². The lowest BCUT2D eigenvalue weighted by Crippen LogP contribution is -2.28. The maximum Gasteiger partial charge on any atom is 0.230 e. The lowest BCUT2D eigenvalue weighted by Gasteiger charge is -2.15. The summed E-state index contributed by atoms with van der Waals surface area (Å²) >= 11 is 0. The Hall–Kier alpha value is -2.57. The van der Waals surface area contributed by atoms with Crippen molar-refractivity contribution in [2.75, 3.05) is 11.9 Å². The van der Waals surface area contributed by atoms with Crippen LogP contribution >= 0.6 is 0 Å². The van der Waals surface area contributed by atoms with Crippen LogP contribution < -0.4 is 5.32 Å². The van der Waals surface area contributed by atoms with Gasteiger partial charge in [0.05, 0.1) is 24.4 Å². The SMILES string of the molecule is Cc1cc(NC(=O)[C@H]2CC(=O)N(Cc3ccco3)C2)n(C)n1. The third-order valence-corrected chi connectivity index (χ3v) is 3.77. The Morgan fingerprint density at radius 1 is 1.55 bits per heavy atom. The van der Waals surface area contributed by atoms with Crippen LogP contribution in [0.4, 0.5) is 5.82 Å². The molecule has 2 amide bonds. The Morgan fingerprint density at radius 2 is 2.36 bits per heavy atom. The molecule has 1 aliphatic rings. The van der Waals surface area contributed by atoms with E-state index in [4.69, 9.17) is 4.42 Å². The first-order valence-electron chi connectivity index (χ1n) is 7.14. The zero-order valence-corrected chi connectivity index (χ0v) is 12.6. The minimum absolute atomic E-state index is 0.0299. The van der Waals surface area contributed by atoms with E-state index in [0.29, 0.717) is 18.9 Å². The van der Waals surface area contributed by atoms with Crippen LogP contribution in [-0.4, -0.2) is 33.0 Å². The van der Waals surface area contributed by atoms with Crippen molar-refractivity contribution in [2.24, 2.45) is 13.0 Å². The van der Waals surface area contributed by atoms with Gasteiger partial charge in [-0.3, -0.25) is 14.3 Å². The van der Waals surface area contributed by atoms with E-state index in [1.807, 2.05) is 13.0 Å². The second-order valence-corrected chi connectivity index (χ2v) is 5.54. The van der Waals surface area contributed by atoms with E-state index in [1.165, 1.54) is 0 Å². The molecule has 0 aliphatic carbocycles. The molecule has 0 unspecified atom stereocenters. The van der Waals surface area contributed by atoms with Crippen molar-refractivity contribution in [1.29, 1.82) is 0 Å². The Morgan fingerprint density at radius 3 is 3.00 bits per heavy atom. The van der Waals surface area contributed by atoms with Crippen LogP contribution in [0.5, 0.6) is 0 Å². The molecule has 1 aliphatic heterocycles. The van der Waals surface area contributed by atoms with Crippen molar-refractivity contribution >= 4 is 17.6 Å². The maximum absolute atomic E-state index is 12.3. The highest BCUT2D eigenvalue weighted by Crippen LogP contribution is 2.22. The number of amides is 2. The summed E-state index contributed by atoms with van der Waals surface area (Å²) in [4.78, 5) is 26.0. The van der Waals surface area contributed by atoms with Crippen LogP contribution in [0.25, 0.3) is 0 Å². The quantitative estimate of drug-likeness (QED) is 0.923. The summed E-state index contributed by atoms with van der Waals surface area (Å²) in [5, 5.41) is 7.01. The average Bonchev–Trinajstić information content (AvgIpc) is 3.15. The van der Waals surface area contributed by atoms with E-state index in [2.05, 4.69) is 10.4 Å². The first-order valence-corrected chi connectivity index (χ1v) is 7.14. The summed E-state index contributed by atoms with van der Waals surface area (Å²) in [6, 6.07) is 5.40. The summed E-state index contributed by atoms with van der Waals surface area (Å²) in [7, 11) is 1.77. The van der Waals surface area contributed by atoms with E-state index < -0.39 is 0 Å². The van der Waals surface area contributed by atoms with Gasteiger partial charge in [-0.25, -0.2) is 0 Å². The van der Waals surface area contributed by atoms with Crippen molar-refractivity contribution in [1.82, 2.24) is 14.7 Å². The molecule has 3 heterocycles. The van der Waals surface area contributed by atoms with Crippen LogP contribution in [0.3, 0.4) is 0 Å². The Bertz CT molecular complexity index is 690. The monoisotopic (exact) mass is 302 g/mol. The number of nitrogens with one attached hydrogen (secondary N) is 1. The van der Waals surface area contributed by atoms with E-state index in [-0.39, 0.29) is 24.2 Å². The molecule has 0 bridgehead atoms. The number of likely N-dealkylation sites (tertiary alicyclic amines) is 1. The second-order valence-electron chi connectivity index (χ2n) is 5.54. The number of hydrogen-bond donors (Lipinski definition) is 1. The third kappa shape index (κ3) is 2.88. The normalized spacial score (nSPS) is 18.0. The van der Waals surface area contributed by atoms with Crippen molar-refractivity contribution in [3.05, 3.63) is 35.9 Å². The first kappa shape index (κ1) is 14.4. The Labute approximate surface area is 127 Å². The summed E-state index contributed by atoms with van der Waals surface area (Å²) in [5.41, 5.74) is 0.833. The fourth-order valence-corrected chi connectivity index (χ4v) is 2.65. The summed E-state index contributed by atoms with van der Waals surface area (Å²) in [6.45, 7) is 2.67. The van der Waals surface area contributed by atoms with Gasteiger partial charge in [-0.2, -0.15) is 5.10 Å². The molecule has 1 N–H and O–H groups in total. The van der Waals surface area contributed by atoms with E-state index in [0.717, 1.165) is 11.5 Å². The maximum atomic E-state index is 12.3. The van der Waals surface area contributed by atoms with E-state index in [9.17, 15) is 9.59 Å². The van der Waals surface area contributed by atoms with Gasteiger partial charge in [-0.1, -0.05) is 0 Å². The number of aryl methyl sites for hydroxylation is 2. The number of aromatic nitrogens is 2.